The van der Waals surface area contributed by atoms with E-state index in [2.05, 4.69) is 86.9 Å². The average Bonchev–Trinajstić information content (AvgIpc) is 2.94. The van der Waals surface area contributed by atoms with Crippen molar-refractivity contribution in [3.05, 3.63) is 87.5 Å². The second-order valence-corrected chi connectivity index (χ2v) is 12.1. The Morgan fingerprint density at radius 3 is 1.58 bits per heavy atom. The fourth-order valence-corrected chi connectivity index (χ4v) is 4.62. The third kappa shape index (κ3) is 13.1. The van der Waals surface area contributed by atoms with Crippen LogP contribution in [0.15, 0.2) is 59.7 Å². The van der Waals surface area contributed by atoms with Crippen molar-refractivity contribution in [2.75, 3.05) is 0 Å². The van der Waals surface area contributed by atoms with Gasteiger partial charge in [-0.3, -0.25) is 0 Å². The Labute approximate surface area is 248 Å². The van der Waals surface area contributed by atoms with Crippen LogP contribution in [0.3, 0.4) is 0 Å². The van der Waals surface area contributed by atoms with Gasteiger partial charge in [-0.05, 0) is 84.8 Å². The second kappa shape index (κ2) is 22.4. The molecule has 0 saturated carbocycles. The molecule has 0 aliphatic heterocycles. The Morgan fingerprint density at radius 2 is 1.13 bits per heavy atom. The number of halogens is 2. The van der Waals surface area contributed by atoms with Crippen molar-refractivity contribution < 1.29 is 20.7 Å². The summed E-state index contributed by atoms with van der Waals surface area (Å²) in [6.45, 7) is 8.94. The van der Waals surface area contributed by atoms with Gasteiger partial charge in [0.2, 0.25) is 0 Å². The molecule has 0 radical (unpaired) electrons. The maximum atomic E-state index is 9.46. The van der Waals surface area contributed by atoms with Gasteiger partial charge in [0.25, 0.3) is 0 Å². The first kappa shape index (κ1) is 34.6. The van der Waals surface area contributed by atoms with Gasteiger partial charge in [-0.1, -0.05) is 108 Å². The van der Waals surface area contributed by atoms with Crippen LogP contribution in [0.4, 0.5) is 0 Å². The van der Waals surface area contributed by atoms with Crippen LogP contribution < -0.4 is 0 Å². The van der Waals surface area contributed by atoms with E-state index in [1.54, 1.807) is 0 Å². The minimum atomic E-state index is -0.106. The molecule has 2 aromatic carbocycles. The van der Waals surface area contributed by atoms with Crippen LogP contribution in [0.25, 0.3) is 11.1 Å². The number of hydrogen-bond acceptors (Lipinski definition) is 0. The van der Waals surface area contributed by atoms with Crippen LogP contribution in [-0.4, -0.2) is 10.7 Å². The van der Waals surface area contributed by atoms with E-state index in [1.165, 1.54) is 65.5 Å². The summed E-state index contributed by atoms with van der Waals surface area (Å²) in [6, 6.07) is 18.3. The fourth-order valence-electron chi connectivity index (χ4n) is 4.62. The van der Waals surface area contributed by atoms with Crippen LogP contribution in [-0.2, 0) is 28.8 Å². The number of rotatable bonds is 16. The molecular formula is C33H46Cl2N2Pd. The van der Waals surface area contributed by atoms with Crippen molar-refractivity contribution in [3.63, 3.8) is 0 Å². The zero-order valence-corrected chi connectivity index (χ0v) is 26.8. The summed E-state index contributed by atoms with van der Waals surface area (Å²) in [5.41, 5.74) is 18.3. The first-order valence-corrected chi connectivity index (χ1v) is 18.3. The molecule has 0 atom stereocenters. The Morgan fingerprint density at radius 1 is 0.684 bits per heavy atom. The number of nitrogens with zero attached hydrogens (tertiary/aromatic N) is 2. The number of aryl methyl sites for hydroxylation is 2. The van der Waals surface area contributed by atoms with E-state index in [0.717, 1.165) is 56.9 Å². The van der Waals surface area contributed by atoms with Crippen LogP contribution in [0.2, 0.25) is 0 Å². The van der Waals surface area contributed by atoms with Crippen LogP contribution in [0.1, 0.15) is 121 Å². The van der Waals surface area contributed by atoms with E-state index in [0.29, 0.717) is 0 Å². The maximum absolute atomic E-state index is 9.46. The third-order valence-electron chi connectivity index (χ3n) is 6.78. The van der Waals surface area contributed by atoms with Gasteiger partial charge in [0.1, 0.15) is 0 Å². The van der Waals surface area contributed by atoms with E-state index >= 15 is 0 Å². The standard InChI is InChI=1S/C33H46N2.2ClH.Pd/c1-5-9-13-15-28-20-24-30(25-21-28)33(29-22-18-27(19-23-29)14-10-6-2)32(17-12-8-4)31(26-35-34)16-11-7-3;;;/h18-25H,5-17H2,1-4H3;2*1H;/q;;;+2/p-2. The van der Waals surface area contributed by atoms with E-state index in [1.807, 2.05) is 0 Å². The summed E-state index contributed by atoms with van der Waals surface area (Å²) in [7, 11) is 9.63. The molecule has 2 aromatic rings. The summed E-state index contributed by atoms with van der Waals surface area (Å²) in [5, 5.41) is 0. The predicted octanol–water partition coefficient (Wildman–Crippen LogP) is 11.1. The van der Waals surface area contributed by atoms with E-state index in [-0.39, 0.29) is 15.9 Å². The molecule has 0 N–H and O–H groups in total. The van der Waals surface area contributed by atoms with Crippen molar-refractivity contribution in [1.29, 1.82) is 0 Å². The molecule has 0 unspecified atom stereocenters. The van der Waals surface area contributed by atoms with Gasteiger partial charge in [-0.25, -0.2) is 0 Å². The Kier molecular flexibility index (Phi) is 20.4. The average molecular weight is 648 g/mol. The zero-order chi connectivity index (χ0) is 28.0. The molecule has 0 aromatic heterocycles. The molecule has 212 valence electrons. The molecule has 38 heavy (non-hydrogen) atoms. The molecule has 5 heteroatoms. The van der Waals surface area contributed by atoms with Crippen molar-refractivity contribution in [1.82, 2.24) is 0 Å². The van der Waals surface area contributed by atoms with Gasteiger partial charge in [-0.2, -0.15) is 0 Å². The fraction of sp³-hybridized carbons (Fsp3) is 0.515. The van der Waals surface area contributed by atoms with Gasteiger partial charge >= 0.3 is 40.9 Å². The number of unbranched alkanes of at least 4 members (excludes halogenated alkanes) is 5. The van der Waals surface area contributed by atoms with Gasteiger partial charge < -0.3 is 5.53 Å². The summed E-state index contributed by atoms with van der Waals surface area (Å²) in [4.78, 5) is 3.37. The predicted molar refractivity (Wildman–Crippen MR) is 164 cm³/mol. The molecule has 2 nitrogen and oxygen atoms in total. The topological polar surface area (TPSA) is 36.4 Å². The van der Waals surface area contributed by atoms with Crippen molar-refractivity contribution in [2.45, 2.75) is 111 Å². The molecule has 0 fully saturated rings. The summed E-state index contributed by atoms with van der Waals surface area (Å²) in [6.07, 6.45) is 14.7. The molecule has 0 aliphatic rings. The molecule has 0 amide bonds. The Hall–Kier alpha value is -1.42. The van der Waals surface area contributed by atoms with Gasteiger partial charge in [0.05, 0.1) is 5.57 Å². The van der Waals surface area contributed by atoms with Crippen LogP contribution in [0.5, 0.6) is 0 Å². The number of hydrogen-bond donors (Lipinski definition) is 0. The summed E-state index contributed by atoms with van der Waals surface area (Å²) in [5.74, 6) is 2.97. The molecule has 0 bridgehead atoms. The quantitative estimate of drug-likeness (QED) is 0.0434. The molecule has 0 saturated heterocycles. The Bertz CT molecular complexity index is 1020. The third-order valence-corrected chi connectivity index (χ3v) is 6.78. The van der Waals surface area contributed by atoms with E-state index in [4.69, 9.17) is 19.1 Å². The van der Waals surface area contributed by atoms with Crippen molar-refractivity contribution >= 4 is 30.5 Å². The van der Waals surface area contributed by atoms with Crippen molar-refractivity contribution in [3.8, 4) is 0 Å². The molecule has 0 heterocycles. The molecule has 0 aliphatic carbocycles. The van der Waals surface area contributed by atoms with Gasteiger partial charge in [0, 0.05) is 0 Å². The molecular weight excluding hydrogens is 602 g/mol. The van der Waals surface area contributed by atoms with Gasteiger partial charge in [0.15, 0.2) is 0 Å². The SMILES string of the molecule is CCCCCc1ccc(C(=C(CCCC)C(=C=[N+]=[N-])CCCC)c2ccc(CCCC)cc2)cc1.[Cl][Pd][Cl]. The van der Waals surface area contributed by atoms with E-state index < -0.39 is 0 Å². The normalized spacial score (nSPS) is 11.2. The monoisotopic (exact) mass is 646 g/mol. The number of benzene rings is 2. The number of allylic oxidation sites excluding steroid dienone is 2. The first-order chi connectivity index (χ1) is 18.6. The first-order valence-electron chi connectivity index (χ1n) is 14.3. The van der Waals surface area contributed by atoms with E-state index in [9.17, 15) is 5.53 Å². The summed E-state index contributed by atoms with van der Waals surface area (Å²) < 4.78 is 0. The van der Waals surface area contributed by atoms with Crippen molar-refractivity contribution in [2.24, 2.45) is 0 Å². The summed E-state index contributed by atoms with van der Waals surface area (Å²) >= 11 is -0.106. The molecule has 2 rings (SSSR count). The molecule has 0 spiro atoms. The van der Waals surface area contributed by atoms with Gasteiger partial charge in [-0.15, -0.1) is 4.79 Å². The van der Waals surface area contributed by atoms with Crippen LogP contribution in [0, 0.1) is 0 Å². The van der Waals surface area contributed by atoms with Crippen LogP contribution >= 0.6 is 19.1 Å². The zero-order valence-electron chi connectivity index (χ0n) is 23.8. The second-order valence-electron chi connectivity index (χ2n) is 9.75. The Balaban J connectivity index is 0.00000229. The minimum absolute atomic E-state index is 0.106.